The van der Waals surface area contributed by atoms with E-state index in [-0.39, 0.29) is 0 Å². The Morgan fingerprint density at radius 3 is 2.00 bits per heavy atom. The highest BCUT2D eigenvalue weighted by atomic mass is 16.3. The molecule has 0 aromatic heterocycles. The molecule has 94 valence electrons. The van der Waals surface area contributed by atoms with Crippen LogP contribution in [-0.2, 0) is 0 Å². The van der Waals surface area contributed by atoms with E-state index in [2.05, 4.69) is 4.90 Å². The first-order valence-corrected chi connectivity index (χ1v) is 7.26. The van der Waals surface area contributed by atoms with E-state index >= 15 is 0 Å². The maximum Gasteiger partial charge on any atom is 0.0589 e. The molecular formula is C14H27NO. The summed E-state index contributed by atoms with van der Waals surface area (Å²) in [5, 5.41) is 9.68. The third kappa shape index (κ3) is 3.21. The van der Waals surface area contributed by atoms with Gasteiger partial charge in [-0.3, -0.25) is 4.90 Å². The zero-order valence-corrected chi connectivity index (χ0v) is 10.5. The largest absolute Gasteiger partial charge is 0.395 e. The van der Waals surface area contributed by atoms with Crippen molar-refractivity contribution in [2.75, 3.05) is 19.7 Å². The lowest BCUT2D eigenvalue weighted by molar-refractivity contribution is 0.0668. The summed E-state index contributed by atoms with van der Waals surface area (Å²) >= 11 is 0. The van der Waals surface area contributed by atoms with Crippen molar-refractivity contribution in [2.24, 2.45) is 5.92 Å². The number of hydrogen-bond acceptors (Lipinski definition) is 2. The van der Waals surface area contributed by atoms with Crippen LogP contribution in [0.2, 0.25) is 0 Å². The number of nitrogens with zero attached hydrogens (tertiary/aromatic N) is 1. The van der Waals surface area contributed by atoms with Gasteiger partial charge in [-0.25, -0.2) is 0 Å². The molecule has 2 aliphatic rings. The van der Waals surface area contributed by atoms with E-state index in [4.69, 9.17) is 0 Å². The molecule has 1 N–H and O–H groups in total. The molecule has 1 saturated carbocycles. The van der Waals surface area contributed by atoms with Gasteiger partial charge >= 0.3 is 0 Å². The number of rotatable bonds is 3. The van der Waals surface area contributed by atoms with Gasteiger partial charge in [-0.1, -0.05) is 32.1 Å². The quantitative estimate of drug-likeness (QED) is 0.798. The summed E-state index contributed by atoms with van der Waals surface area (Å²) in [5.74, 6) is 0.775. The van der Waals surface area contributed by atoms with Crippen LogP contribution in [0, 0.1) is 5.92 Å². The van der Waals surface area contributed by atoms with Gasteiger partial charge in [-0.15, -0.1) is 0 Å². The van der Waals surface area contributed by atoms with E-state index < -0.39 is 0 Å². The molecule has 1 aliphatic heterocycles. The van der Waals surface area contributed by atoms with Gasteiger partial charge in [0.1, 0.15) is 0 Å². The van der Waals surface area contributed by atoms with E-state index in [1.165, 1.54) is 70.9 Å². The number of likely N-dealkylation sites (tertiary alicyclic amines) is 1. The van der Waals surface area contributed by atoms with Crippen LogP contribution >= 0.6 is 0 Å². The molecule has 2 rings (SSSR count). The van der Waals surface area contributed by atoms with Crippen LogP contribution < -0.4 is 0 Å². The number of aliphatic hydroxyl groups excluding tert-OH is 1. The molecule has 0 bridgehead atoms. The highest BCUT2D eigenvalue weighted by Crippen LogP contribution is 2.29. The van der Waals surface area contributed by atoms with Crippen LogP contribution in [0.15, 0.2) is 0 Å². The van der Waals surface area contributed by atoms with Gasteiger partial charge in [0.25, 0.3) is 0 Å². The molecule has 16 heavy (non-hydrogen) atoms. The van der Waals surface area contributed by atoms with Crippen LogP contribution in [0.1, 0.15) is 57.8 Å². The van der Waals surface area contributed by atoms with Gasteiger partial charge in [0.2, 0.25) is 0 Å². The highest BCUT2D eigenvalue weighted by Gasteiger charge is 2.28. The fourth-order valence-corrected chi connectivity index (χ4v) is 3.51. The van der Waals surface area contributed by atoms with Crippen molar-refractivity contribution in [1.82, 2.24) is 4.90 Å². The third-order valence-corrected chi connectivity index (χ3v) is 4.49. The molecule has 0 radical (unpaired) electrons. The van der Waals surface area contributed by atoms with Crippen molar-refractivity contribution < 1.29 is 5.11 Å². The average molecular weight is 225 g/mol. The second kappa shape index (κ2) is 6.61. The lowest BCUT2D eigenvalue weighted by Gasteiger charge is -2.37. The molecule has 2 fully saturated rings. The van der Waals surface area contributed by atoms with Crippen molar-refractivity contribution in [2.45, 2.75) is 63.8 Å². The van der Waals surface area contributed by atoms with Gasteiger partial charge in [0.15, 0.2) is 0 Å². The Balaban J connectivity index is 1.90. The van der Waals surface area contributed by atoms with Crippen molar-refractivity contribution in [3.05, 3.63) is 0 Å². The molecule has 1 aliphatic carbocycles. The SMILES string of the molecule is OC[C@H](C1CCCCC1)N1CCCCCC1. The molecule has 0 aromatic rings. The van der Waals surface area contributed by atoms with Crippen LogP contribution in [0.5, 0.6) is 0 Å². The van der Waals surface area contributed by atoms with E-state index in [1.807, 2.05) is 0 Å². The Bertz CT molecular complexity index is 181. The molecule has 0 spiro atoms. The monoisotopic (exact) mass is 225 g/mol. The van der Waals surface area contributed by atoms with Crippen LogP contribution in [0.4, 0.5) is 0 Å². The molecule has 1 saturated heterocycles. The summed E-state index contributed by atoms with van der Waals surface area (Å²) in [4.78, 5) is 2.59. The fraction of sp³-hybridized carbons (Fsp3) is 1.00. The van der Waals surface area contributed by atoms with Crippen molar-refractivity contribution >= 4 is 0 Å². The molecule has 2 heteroatoms. The molecule has 0 unspecified atom stereocenters. The van der Waals surface area contributed by atoms with E-state index in [0.29, 0.717) is 12.6 Å². The first-order chi connectivity index (χ1) is 7.92. The predicted molar refractivity (Wildman–Crippen MR) is 67.5 cm³/mol. The zero-order valence-electron chi connectivity index (χ0n) is 10.5. The van der Waals surface area contributed by atoms with Crippen LogP contribution in [0.3, 0.4) is 0 Å². The maximum atomic E-state index is 9.68. The number of aliphatic hydroxyl groups is 1. The van der Waals surface area contributed by atoms with E-state index in [0.717, 1.165) is 5.92 Å². The first-order valence-electron chi connectivity index (χ1n) is 7.26. The van der Waals surface area contributed by atoms with Gasteiger partial charge in [-0.2, -0.15) is 0 Å². The minimum Gasteiger partial charge on any atom is -0.395 e. The van der Waals surface area contributed by atoms with E-state index in [1.54, 1.807) is 0 Å². The third-order valence-electron chi connectivity index (χ3n) is 4.49. The second-order valence-electron chi connectivity index (χ2n) is 5.60. The minimum absolute atomic E-state index is 0.380. The Labute approximate surface area is 100 Å². The summed E-state index contributed by atoms with van der Waals surface area (Å²) in [6.07, 6.45) is 12.3. The van der Waals surface area contributed by atoms with Gasteiger partial charge in [0, 0.05) is 6.04 Å². The Morgan fingerprint density at radius 1 is 0.875 bits per heavy atom. The smallest absolute Gasteiger partial charge is 0.0589 e. The average Bonchev–Trinajstić information content (AvgIpc) is 2.61. The van der Waals surface area contributed by atoms with Gasteiger partial charge in [0.05, 0.1) is 6.61 Å². The van der Waals surface area contributed by atoms with E-state index in [9.17, 15) is 5.11 Å². The lowest BCUT2D eigenvalue weighted by atomic mass is 9.83. The fourth-order valence-electron chi connectivity index (χ4n) is 3.51. The molecule has 0 aromatic carbocycles. The first kappa shape index (κ1) is 12.4. The summed E-state index contributed by atoms with van der Waals surface area (Å²) in [7, 11) is 0. The topological polar surface area (TPSA) is 23.5 Å². The highest BCUT2D eigenvalue weighted by molar-refractivity contribution is 4.82. The molecular weight excluding hydrogens is 198 g/mol. The Kier molecular flexibility index (Phi) is 5.11. The standard InChI is InChI=1S/C14H27NO/c16-12-14(13-8-4-3-5-9-13)15-10-6-1-2-7-11-15/h13-14,16H,1-12H2/t14-/m1/s1. The summed E-state index contributed by atoms with van der Waals surface area (Å²) < 4.78 is 0. The van der Waals surface area contributed by atoms with Crippen molar-refractivity contribution in [1.29, 1.82) is 0 Å². The molecule has 1 heterocycles. The molecule has 1 atom stereocenters. The summed E-state index contributed by atoms with van der Waals surface area (Å²) in [6.45, 7) is 2.83. The summed E-state index contributed by atoms with van der Waals surface area (Å²) in [5.41, 5.74) is 0. The summed E-state index contributed by atoms with van der Waals surface area (Å²) in [6, 6.07) is 0.471. The lowest BCUT2D eigenvalue weighted by Crippen LogP contribution is -2.44. The Hall–Kier alpha value is -0.0800. The molecule has 2 nitrogen and oxygen atoms in total. The Morgan fingerprint density at radius 2 is 1.44 bits per heavy atom. The van der Waals surface area contributed by atoms with Crippen LogP contribution in [-0.4, -0.2) is 35.7 Å². The van der Waals surface area contributed by atoms with Crippen molar-refractivity contribution in [3.8, 4) is 0 Å². The normalized spacial score (nSPS) is 27.6. The minimum atomic E-state index is 0.380. The second-order valence-corrected chi connectivity index (χ2v) is 5.60. The zero-order chi connectivity index (χ0) is 11.2. The maximum absolute atomic E-state index is 9.68. The molecule has 0 amide bonds. The van der Waals surface area contributed by atoms with Gasteiger partial charge < -0.3 is 5.11 Å². The van der Waals surface area contributed by atoms with Crippen molar-refractivity contribution in [3.63, 3.8) is 0 Å². The van der Waals surface area contributed by atoms with Gasteiger partial charge in [-0.05, 0) is 44.7 Å². The predicted octanol–water partition coefficient (Wildman–Crippen LogP) is 2.80. The van der Waals surface area contributed by atoms with Crippen LogP contribution in [0.25, 0.3) is 0 Å². The number of hydrogen-bond donors (Lipinski definition) is 1.